The van der Waals surface area contributed by atoms with Crippen molar-refractivity contribution in [2.24, 2.45) is 5.41 Å². The molecule has 2 fully saturated rings. The van der Waals surface area contributed by atoms with Gasteiger partial charge in [-0.3, -0.25) is 0 Å². The summed E-state index contributed by atoms with van der Waals surface area (Å²) in [5.41, 5.74) is 3.57. The number of rotatable bonds is 10. The third-order valence-corrected chi connectivity index (χ3v) is 9.62. The summed E-state index contributed by atoms with van der Waals surface area (Å²) in [7, 11) is 0. The van der Waals surface area contributed by atoms with E-state index >= 15 is 0 Å². The maximum atomic E-state index is 13.8. The molecule has 226 valence electrons. The first kappa shape index (κ1) is 29.5. The van der Waals surface area contributed by atoms with Crippen LogP contribution in [0.3, 0.4) is 0 Å². The van der Waals surface area contributed by atoms with E-state index in [-0.39, 0.29) is 12.4 Å². The molecule has 0 saturated carbocycles. The summed E-state index contributed by atoms with van der Waals surface area (Å²) in [4.78, 5) is 6.98. The minimum Gasteiger partial charge on any atom is -0.593 e. The van der Waals surface area contributed by atoms with Crippen molar-refractivity contribution in [2.75, 3.05) is 43.0 Å². The van der Waals surface area contributed by atoms with Crippen LogP contribution in [0.1, 0.15) is 30.7 Å². The van der Waals surface area contributed by atoms with E-state index in [2.05, 4.69) is 21.5 Å². The lowest BCUT2D eigenvalue weighted by Crippen LogP contribution is -2.50. The van der Waals surface area contributed by atoms with Crippen molar-refractivity contribution >= 4 is 29.1 Å². The zero-order valence-electron chi connectivity index (χ0n) is 23.9. The fourth-order valence-electron chi connectivity index (χ4n) is 5.99. The van der Waals surface area contributed by atoms with Crippen LogP contribution in [0.15, 0.2) is 81.0 Å². The molecule has 2 N–H and O–H groups in total. The number of nitrogens with zero attached hydrogens (tertiary/aromatic N) is 4. The molecule has 0 bridgehead atoms. The van der Waals surface area contributed by atoms with E-state index in [1.54, 1.807) is 24.4 Å². The summed E-state index contributed by atoms with van der Waals surface area (Å²) in [6, 6.07) is 11.6. The number of allylic oxidation sites excluding steroid dienone is 2. The summed E-state index contributed by atoms with van der Waals surface area (Å²) < 4.78 is 54.3. The second-order valence-electron chi connectivity index (χ2n) is 11.3. The van der Waals surface area contributed by atoms with Crippen LogP contribution in [0.25, 0.3) is 0 Å². The highest BCUT2D eigenvalue weighted by atomic mass is 32.2. The van der Waals surface area contributed by atoms with Crippen LogP contribution in [0.2, 0.25) is 0 Å². The second-order valence-corrected chi connectivity index (χ2v) is 12.8. The molecule has 12 heteroatoms. The molecule has 1 aliphatic carbocycles. The summed E-state index contributed by atoms with van der Waals surface area (Å²) >= 11 is -1.48. The molecule has 3 aromatic rings. The van der Waals surface area contributed by atoms with Crippen molar-refractivity contribution in [1.29, 1.82) is 5.41 Å². The normalized spacial score (nSPS) is 23.2. The number of fused-ring (bicyclic) bond motifs is 1. The molecule has 2 aromatic heterocycles. The van der Waals surface area contributed by atoms with Gasteiger partial charge in [0.1, 0.15) is 29.3 Å². The van der Waals surface area contributed by atoms with Gasteiger partial charge in [-0.2, -0.15) is 0 Å². The number of piperidine rings is 1. The Morgan fingerprint density at radius 2 is 2.09 bits per heavy atom. The first-order valence-electron chi connectivity index (χ1n) is 14.3. The first-order chi connectivity index (χ1) is 20.8. The van der Waals surface area contributed by atoms with Crippen LogP contribution in [-0.2, 0) is 22.7 Å². The number of pyridine rings is 1. The zero-order chi connectivity index (χ0) is 30.0. The largest absolute Gasteiger partial charge is 0.593 e. The number of aryl methyl sites for hydroxylation is 1. The lowest BCUT2D eigenvalue weighted by Gasteiger charge is -2.46. The molecule has 1 aromatic carbocycles. The number of hydrogen-bond donors (Lipinski definition) is 2. The average Bonchev–Trinajstić information content (AvgIpc) is 3.65. The van der Waals surface area contributed by atoms with Gasteiger partial charge >= 0.3 is 0 Å². The van der Waals surface area contributed by atoms with Gasteiger partial charge in [0.25, 0.3) is 0 Å². The van der Waals surface area contributed by atoms with Crippen LogP contribution < -0.4 is 10.2 Å². The van der Waals surface area contributed by atoms with E-state index in [4.69, 9.17) is 14.7 Å². The van der Waals surface area contributed by atoms with Gasteiger partial charge in [0.15, 0.2) is 4.90 Å². The van der Waals surface area contributed by atoms with Crippen LogP contribution in [0.5, 0.6) is 0 Å². The van der Waals surface area contributed by atoms with Crippen molar-refractivity contribution in [2.45, 2.75) is 43.9 Å². The topological polar surface area (TPSA) is 114 Å². The molecule has 2 aliphatic heterocycles. The van der Waals surface area contributed by atoms with Gasteiger partial charge in [0, 0.05) is 48.2 Å². The summed E-state index contributed by atoms with van der Waals surface area (Å²) in [6.07, 6.45) is 5.80. The van der Waals surface area contributed by atoms with Crippen molar-refractivity contribution in [3.8, 4) is 0 Å². The van der Waals surface area contributed by atoms with E-state index in [1.165, 1.54) is 18.3 Å². The van der Waals surface area contributed by atoms with Gasteiger partial charge in [-0.25, -0.2) is 13.8 Å². The lowest BCUT2D eigenvalue weighted by atomic mass is 9.69. The van der Waals surface area contributed by atoms with E-state index in [9.17, 15) is 13.3 Å². The Labute approximate surface area is 252 Å². The van der Waals surface area contributed by atoms with Gasteiger partial charge in [-0.15, -0.1) is 4.31 Å². The summed E-state index contributed by atoms with van der Waals surface area (Å²) in [6.45, 7) is 4.37. The Bertz CT molecular complexity index is 1510. The monoisotopic (exact) mass is 608 g/mol. The molecule has 2 saturated heterocycles. The Hall–Kier alpha value is -3.58. The van der Waals surface area contributed by atoms with Crippen LogP contribution in [-0.4, -0.2) is 64.2 Å². The number of benzene rings is 1. The Balaban J connectivity index is 1.23. The van der Waals surface area contributed by atoms with Gasteiger partial charge in [0.2, 0.25) is 0 Å². The smallest absolute Gasteiger partial charge is 0.192 e. The second kappa shape index (κ2) is 12.6. The minimum atomic E-state index is -1.48. The van der Waals surface area contributed by atoms with Gasteiger partial charge in [-0.05, 0) is 68.2 Å². The molecule has 6 rings (SSSR count). The molecule has 3 atom stereocenters. The fourth-order valence-corrected chi connectivity index (χ4v) is 7.24. The van der Waals surface area contributed by atoms with Crippen molar-refractivity contribution in [1.82, 2.24) is 14.4 Å². The zero-order valence-corrected chi connectivity index (χ0v) is 24.7. The predicted molar refractivity (Wildman–Crippen MR) is 160 cm³/mol. The number of anilines is 2. The average molecular weight is 609 g/mol. The van der Waals surface area contributed by atoms with Gasteiger partial charge < -0.3 is 29.4 Å². The summed E-state index contributed by atoms with van der Waals surface area (Å²) in [5, 5.41) is 15.6. The van der Waals surface area contributed by atoms with E-state index in [1.807, 2.05) is 28.3 Å². The number of alkyl halides is 1. The molecule has 0 amide bonds. The maximum Gasteiger partial charge on any atom is 0.192 e. The first-order valence-corrected chi connectivity index (χ1v) is 15.4. The van der Waals surface area contributed by atoms with Crippen LogP contribution in [0, 0.1) is 23.6 Å². The fraction of sp³-hybridized carbons (Fsp3) is 0.387. The van der Waals surface area contributed by atoms with Crippen molar-refractivity contribution in [3.63, 3.8) is 0 Å². The highest BCUT2D eigenvalue weighted by molar-refractivity contribution is 7.89. The minimum absolute atomic E-state index is 0.265. The van der Waals surface area contributed by atoms with Crippen LogP contribution in [0.4, 0.5) is 20.3 Å². The highest BCUT2D eigenvalue weighted by Gasteiger charge is 2.46. The Morgan fingerprint density at radius 1 is 1.26 bits per heavy atom. The molecule has 0 radical (unpaired) electrons. The SMILES string of the molecule is Cc1cc(COC[C@]23CC(C=N)=C(Nc4ccc(F)cc4)C=C2CCN([S+]([O-])c2ccc(N4CC[C@@H](F)C4)nc2)C3)no1. The van der Waals surface area contributed by atoms with E-state index < -0.39 is 22.9 Å². The molecule has 3 aliphatic rings. The van der Waals surface area contributed by atoms with Gasteiger partial charge in [-0.1, -0.05) is 10.7 Å². The molecule has 9 nitrogen and oxygen atoms in total. The molecular formula is C31H34F2N6O3S. The number of ether oxygens (including phenoxy) is 1. The molecule has 4 heterocycles. The summed E-state index contributed by atoms with van der Waals surface area (Å²) in [5.74, 6) is 1.07. The number of hydrogen-bond acceptors (Lipinski definition) is 9. The maximum absolute atomic E-state index is 13.8. The van der Waals surface area contributed by atoms with E-state index in [0.717, 1.165) is 22.5 Å². The molecule has 43 heavy (non-hydrogen) atoms. The number of nitrogens with one attached hydrogen (secondary N) is 2. The van der Waals surface area contributed by atoms with E-state index in [0.29, 0.717) is 74.2 Å². The number of aromatic nitrogens is 2. The third kappa shape index (κ3) is 6.52. The quantitative estimate of drug-likeness (QED) is 0.234. The number of halogens is 2. The standard InChI is InChI=1S/C31H34F2N6O3S/c1-21-12-27(37-42-21)18-41-20-31-14-22(15-34)29(36-26-4-2-24(32)3-5-26)13-23(31)8-11-39(19-31)43(40)28-6-7-30(35-16-28)38-10-9-25(33)17-38/h2-7,12-13,15-16,25,34,36H,8-11,14,17-20H2,1H3/t25-,31-,43?/m1/s1. The highest BCUT2D eigenvalue weighted by Crippen LogP contribution is 2.46. The van der Waals surface area contributed by atoms with Gasteiger partial charge in [0.05, 0.1) is 43.9 Å². The third-order valence-electron chi connectivity index (χ3n) is 8.20. The van der Waals surface area contributed by atoms with Crippen LogP contribution >= 0.6 is 0 Å². The Morgan fingerprint density at radius 3 is 2.77 bits per heavy atom. The van der Waals surface area contributed by atoms with Crippen molar-refractivity contribution in [3.05, 3.63) is 88.9 Å². The Kier molecular flexibility index (Phi) is 8.62. The predicted octanol–water partition coefficient (Wildman–Crippen LogP) is 5.34. The lowest BCUT2D eigenvalue weighted by molar-refractivity contribution is 0.0293. The van der Waals surface area contributed by atoms with Crippen molar-refractivity contribution < 1.29 is 22.6 Å². The molecule has 0 spiro atoms. The molecular weight excluding hydrogens is 574 g/mol. The molecule has 1 unspecified atom stereocenters.